The van der Waals surface area contributed by atoms with Crippen LogP contribution in [-0.4, -0.2) is 24.5 Å². The molecule has 1 aromatic heterocycles. The fraction of sp³-hybridized carbons (Fsp3) is 0.250. The van der Waals surface area contributed by atoms with Crippen LogP contribution in [0.1, 0.15) is 21.5 Å². The minimum absolute atomic E-state index is 0.0900. The van der Waals surface area contributed by atoms with Gasteiger partial charge < -0.3 is 10.6 Å². The van der Waals surface area contributed by atoms with E-state index in [2.05, 4.69) is 15.6 Å². The normalized spacial score (nSPS) is 10.3. The first-order chi connectivity index (χ1) is 9.72. The predicted molar refractivity (Wildman–Crippen MR) is 81.0 cm³/mol. The molecule has 2 rings (SSSR count). The van der Waals surface area contributed by atoms with Gasteiger partial charge in [-0.25, -0.2) is 0 Å². The van der Waals surface area contributed by atoms with Crippen LogP contribution in [0.2, 0.25) is 0 Å². The summed E-state index contributed by atoms with van der Waals surface area (Å²) in [6.45, 7) is 2.79. The Morgan fingerprint density at radius 2 is 2.05 bits per heavy atom. The van der Waals surface area contributed by atoms with Gasteiger partial charge in [-0.2, -0.15) is 0 Å². The molecule has 0 saturated heterocycles. The van der Waals surface area contributed by atoms with Crippen molar-refractivity contribution < 1.29 is 4.79 Å². The van der Waals surface area contributed by atoms with E-state index >= 15 is 0 Å². The molecule has 4 nitrogen and oxygen atoms in total. The molecule has 2 aromatic rings. The number of carbonyl (C=O) groups is 1. The highest BCUT2D eigenvalue weighted by molar-refractivity contribution is 6.05. The number of nitrogens with zero attached hydrogens (tertiary/aromatic N) is 1. The Kier molecular flexibility index (Phi) is 4.85. The van der Waals surface area contributed by atoms with Crippen LogP contribution in [0, 0.1) is 6.92 Å². The van der Waals surface area contributed by atoms with Crippen molar-refractivity contribution in [1.82, 2.24) is 10.3 Å². The van der Waals surface area contributed by atoms with Gasteiger partial charge in [-0.1, -0.05) is 18.2 Å². The number of aryl methyl sites for hydroxylation is 1. The number of rotatable bonds is 5. The topological polar surface area (TPSA) is 54.0 Å². The zero-order valence-electron chi connectivity index (χ0n) is 11.8. The van der Waals surface area contributed by atoms with E-state index in [4.69, 9.17) is 0 Å². The van der Waals surface area contributed by atoms with Gasteiger partial charge in [0.1, 0.15) is 0 Å². The zero-order valence-corrected chi connectivity index (χ0v) is 11.8. The maximum absolute atomic E-state index is 12.4. The number of hydrogen-bond acceptors (Lipinski definition) is 3. The van der Waals surface area contributed by atoms with Gasteiger partial charge in [0.25, 0.3) is 5.91 Å². The highest BCUT2D eigenvalue weighted by Crippen LogP contribution is 2.15. The van der Waals surface area contributed by atoms with Crippen molar-refractivity contribution in [2.75, 3.05) is 18.9 Å². The summed E-state index contributed by atoms with van der Waals surface area (Å²) in [6, 6.07) is 9.56. The summed E-state index contributed by atoms with van der Waals surface area (Å²) in [5.41, 5.74) is 3.51. The first-order valence-electron chi connectivity index (χ1n) is 6.67. The van der Waals surface area contributed by atoms with E-state index in [9.17, 15) is 4.79 Å². The van der Waals surface area contributed by atoms with Crippen molar-refractivity contribution in [3.8, 4) is 0 Å². The summed E-state index contributed by atoms with van der Waals surface area (Å²) in [7, 11) is 1.90. The lowest BCUT2D eigenvalue weighted by atomic mass is 10.0. The quantitative estimate of drug-likeness (QED) is 0.876. The Bertz CT molecular complexity index is 596. The average Bonchev–Trinajstić information content (AvgIpc) is 2.47. The van der Waals surface area contributed by atoms with Crippen LogP contribution in [-0.2, 0) is 6.42 Å². The number of benzene rings is 1. The minimum Gasteiger partial charge on any atom is -0.320 e. The third kappa shape index (κ3) is 3.42. The largest absolute Gasteiger partial charge is 0.320 e. The van der Waals surface area contributed by atoms with E-state index in [1.807, 2.05) is 44.3 Å². The Hall–Kier alpha value is -2.20. The fourth-order valence-corrected chi connectivity index (χ4v) is 2.00. The van der Waals surface area contributed by atoms with Crippen LogP contribution >= 0.6 is 0 Å². The van der Waals surface area contributed by atoms with Gasteiger partial charge in [-0.15, -0.1) is 0 Å². The molecule has 104 valence electrons. The van der Waals surface area contributed by atoms with Crippen LogP contribution in [0.25, 0.3) is 0 Å². The van der Waals surface area contributed by atoms with Gasteiger partial charge in [0.15, 0.2) is 0 Å². The van der Waals surface area contributed by atoms with Crippen molar-refractivity contribution in [2.24, 2.45) is 0 Å². The number of likely N-dealkylation sites (N-methyl/N-ethyl adjacent to an activating group) is 1. The average molecular weight is 269 g/mol. The standard InChI is InChI=1S/C16H19N3O/c1-12-7-10-18-11-15(12)19-16(20)14-6-4-3-5-13(14)8-9-17-2/h3-7,10-11,17H,8-9H2,1-2H3,(H,19,20). The number of carbonyl (C=O) groups excluding carboxylic acids is 1. The number of aromatic nitrogens is 1. The summed E-state index contributed by atoms with van der Waals surface area (Å²) < 4.78 is 0. The van der Waals surface area contributed by atoms with Crippen molar-refractivity contribution in [3.63, 3.8) is 0 Å². The molecule has 0 bridgehead atoms. The Morgan fingerprint density at radius 3 is 2.80 bits per heavy atom. The second kappa shape index (κ2) is 6.82. The smallest absolute Gasteiger partial charge is 0.255 e. The van der Waals surface area contributed by atoms with Crippen molar-refractivity contribution in [2.45, 2.75) is 13.3 Å². The number of hydrogen-bond donors (Lipinski definition) is 2. The van der Waals surface area contributed by atoms with Gasteiger partial charge in [0, 0.05) is 11.8 Å². The van der Waals surface area contributed by atoms with E-state index in [1.54, 1.807) is 12.4 Å². The van der Waals surface area contributed by atoms with Crippen molar-refractivity contribution in [1.29, 1.82) is 0 Å². The Morgan fingerprint density at radius 1 is 1.25 bits per heavy atom. The molecule has 0 unspecified atom stereocenters. The molecular weight excluding hydrogens is 250 g/mol. The summed E-state index contributed by atoms with van der Waals surface area (Å²) >= 11 is 0. The highest BCUT2D eigenvalue weighted by Gasteiger charge is 2.11. The lowest BCUT2D eigenvalue weighted by molar-refractivity contribution is 0.102. The molecule has 1 heterocycles. The minimum atomic E-state index is -0.0900. The Balaban J connectivity index is 2.19. The van der Waals surface area contributed by atoms with Crippen molar-refractivity contribution in [3.05, 3.63) is 59.4 Å². The lowest BCUT2D eigenvalue weighted by Crippen LogP contribution is -2.17. The van der Waals surface area contributed by atoms with Gasteiger partial charge in [0.2, 0.25) is 0 Å². The molecule has 0 aliphatic heterocycles. The van der Waals surface area contributed by atoms with Gasteiger partial charge in [-0.05, 0) is 50.2 Å². The van der Waals surface area contributed by atoms with Crippen LogP contribution in [0.4, 0.5) is 5.69 Å². The molecule has 0 aliphatic carbocycles. The summed E-state index contributed by atoms with van der Waals surface area (Å²) in [6.07, 6.45) is 4.21. The highest BCUT2D eigenvalue weighted by atomic mass is 16.1. The molecule has 0 radical (unpaired) electrons. The van der Waals surface area contributed by atoms with Gasteiger partial charge in [0.05, 0.1) is 11.9 Å². The third-order valence-electron chi connectivity index (χ3n) is 3.19. The third-order valence-corrected chi connectivity index (χ3v) is 3.19. The fourth-order valence-electron chi connectivity index (χ4n) is 2.00. The maximum atomic E-state index is 12.4. The predicted octanol–water partition coefficient (Wildman–Crippen LogP) is 2.40. The molecule has 0 fully saturated rings. The van der Waals surface area contributed by atoms with E-state index in [1.165, 1.54) is 0 Å². The van der Waals surface area contributed by atoms with Crippen LogP contribution in [0.15, 0.2) is 42.7 Å². The van der Waals surface area contributed by atoms with Crippen molar-refractivity contribution >= 4 is 11.6 Å². The second-order valence-electron chi connectivity index (χ2n) is 4.66. The van der Waals surface area contributed by atoms with Crippen LogP contribution in [0.3, 0.4) is 0 Å². The molecule has 0 aliphatic rings. The van der Waals surface area contributed by atoms with E-state index < -0.39 is 0 Å². The molecule has 20 heavy (non-hydrogen) atoms. The lowest BCUT2D eigenvalue weighted by Gasteiger charge is -2.11. The molecule has 0 spiro atoms. The van der Waals surface area contributed by atoms with E-state index in [-0.39, 0.29) is 5.91 Å². The summed E-state index contributed by atoms with van der Waals surface area (Å²) in [5, 5.41) is 6.02. The van der Waals surface area contributed by atoms with E-state index in [0.29, 0.717) is 5.56 Å². The van der Waals surface area contributed by atoms with Crippen LogP contribution < -0.4 is 10.6 Å². The molecule has 0 saturated carbocycles. The molecule has 0 atom stereocenters. The Labute approximate surface area is 119 Å². The summed E-state index contributed by atoms with van der Waals surface area (Å²) in [4.78, 5) is 16.4. The molecule has 1 aromatic carbocycles. The molecule has 4 heteroatoms. The SMILES string of the molecule is CNCCc1ccccc1C(=O)Nc1cnccc1C. The van der Waals surface area contributed by atoms with Crippen LogP contribution in [0.5, 0.6) is 0 Å². The second-order valence-corrected chi connectivity index (χ2v) is 4.66. The number of pyridine rings is 1. The molecule has 2 N–H and O–H groups in total. The molecular formula is C16H19N3O. The number of anilines is 1. The van der Waals surface area contributed by atoms with Gasteiger partial charge >= 0.3 is 0 Å². The first-order valence-corrected chi connectivity index (χ1v) is 6.67. The maximum Gasteiger partial charge on any atom is 0.255 e. The molecule has 1 amide bonds. The zero-order chi connectivity index (χ0) is 14.4. The van der Waals surface area contributed by atoms with E-state index in [0.717, 1.165) is 29.8 Å². The monoisotopic (exact) mass is 269 g/mol. The number of amides is 1. The summed E-state index contributed by atoms with van der Waals surface area (Å²) in [5.74, 6) is -0.0900. The number of nitrogens with one attached hydrogen (secondary N) is 2. The first kappa shape index (κ1) is 14.2. The van der Waals surface area contributed by atoms with Gasteiger partial charge in [-0.3, -0.25) is 9.78 Å².